The lowest BCUT2D eigenvalue weighted by Gasteiger charge is -2.13. The van der Waals surface area contributed by atoms with Crippen molar-refractivity contribution in [3.05, 3.63) is 47.1 Å². The Kier molecular flexibility index (Phi) is 3.72. The van der Waals surface area contributed by atoms with E-state index in [0.717, 1.165) is 21.6 Å². The molecule has 0 saturated heterocycles. The molecule has 0 fully saturated rings. The molecule has 1 atom stereocenters. The van der Waals surface area contributed by atoms with Crippen molar-refractivity contribution < 1.29 is 5.11 Å². The van der Waals surface area contributed by atoms with Gasteiger partial charge in [0.2, 0.25) is 0 Å². The van der Waals surface area contributed by atoms with Crippen LogP contribution in [-0.4, -0.2) is 21.6 Å². The number of nitrogens with two attached hydrogens (primary N) is 1. The number of thiophene rings is 1. The van der Waals surface area contributed by atoms with Gasteiger partial charge in [0.1, 0.15) is 17.0 Å². The molecule has 1 unspecified atom stereocenters. The van der Waals surface area contributed by atoms with Crippen molar-refractivity contribution in [3.63, 3.8) is 0 Å². The molecule has 2 aromatic heterocycles. The average Bonchev–Trinajstić information content (AvgIpc) is 2.86. The van der Waals surface area contributed by atoms with Gasteiger partial charge in [-0.15, -0.1) is 11.3 Å². The number of benzene rings is 1. The second-order valence-corrected chi connectivity index (χ2v) is 6.10. The quantitative estimate of drug-likeness (QED) is 0.645. The lowest BCUT2D eigenvalue weighted by Crippen LogP contribution is -2.13. The van der Waals surface area contributed by atoms with Gasteiger partial charge in [-0.2, -0.15) is 0 Å². The minimum atomic E-state index is -0.615. The highest BCUT2D eigenvalue weighted by atomic mass is 32.1. The van der Waals surface area contributed by atoms with Crippen LogP contribution in [0.25, 0.3) is 10.2 Å². The number of fused-ring (bicyclic) bond motifs is 1. The number of nitrogen functional groups attached to an aromatic ring is 1. The maximum atomic E-state index is 10.2. The van der Waals surface area contributed by atoms with Gasteiger partial charge < -0.3 is 16.2 Å². The van der Waals surface area contributed by atoms with Gasteiger partial charge in [0.25, 0.3) is 0 Å². The summed E-state index contributed by atoms with van der Waals surface area (Å²) in [5.74, 6) is 0.749. The molecule has 0 saturated carbocycles. The van der Waals surface area contributed by atoms with Gasteiger partial charge in [-0.1, -0.05) is 12.1 Å². The van der Waals surface area contributed by atoms with Crippen LogP contribution in [0.1, 0.15) is 16.5 Å². The minimum Gasteiger partial charge on any atom is -0.399 e. The van der Waals surface area contributed by atoms with E-state index >= 15 is 0 Å². The van der Waals surface area contributed by atoms with Crippen LogP contribution < -0.4 is 11.1 Å². The molecule has 2 heterocycles. The Morgan fingerprint density at radius 3 is 2.81 bits per heavy atom. The summed E-state index contributed by atoms with van der Waals surface area (Å²) in [5.41, 5.74) is 7.15. The Morgan fingerprint density at radius 1 is 1.29 bits per heavy atom. The highest BCUT2D eigenvalue weighted by Crippen LogP contribution is 2.27. The fourth-order valence-corrected chi connectivity index (χ4v) is 2.99. The van der Waals surface area contributed by atoms with E-state index in [1.54, 1.807) is 23.5 Å². The lowest BCUT2D eigenvalue weighted by atomic mass is 10.1. The first kappa shape index (κ1) is 13.8. The second-order valence-electron chi connectivity index (χ2n) is 4.86. The van der Waals surface area contributed by atoms with E-state index in [0.29, 0.717) is 12.2 Å². The smallest absolute Gasteiger partial charge is 0.138 e. The van der Waals surface area contributed by atoms with Gasteiger partial charge in [-0.05, 0) is 30.7 Å². The van der Waals surface area contributed by atoms with Crippen LogP contribution in [0.4, 0.5) is 11.5 Å². The molecular formula is C15H16N4OS. The van der Waals surface area contributed by atoms with E-state index in [1.807, 2.05) is 19.1 Å². The van der Waals surface area contributed by atoms with E-state index < -0.39 is 6.10 Å². The highest BCUT2D eigenvalue weighted by molar-refractivity contribution is 7.18. The number of nitrogens with zero attached hydrogens (tertiary/aromatic N) is 2. The number of anilines is 2. The minimum absolute atomic E-state index is 0.380. The summed E-state index contributed by atoms with van der Waals surface area (Å²) in [7, 11) is 0. The summed E-state index contributed by atoms with van der Waals surface area (Å²) in [4.78, 5) is 10.6. The predicted octanol–water partition coefficient (Wildman–Crippen LogP) is 2.73. The van der Waals surface area contributed by atoms with Gasteiger partial charge in [0.15, 0.2) is 0 Å². The van der Waals surface area contributed by atoms with Crippen LogP contribution in [0, 0.1) is 6.92 Å². The third-order valence-corrected chi connectivity index (χ3v) is 4.20. The largest absolute Gasteiger partial charge is 0.399 e. The van der Waals surface area contributed by atoms with Crippen molar-refractivity contribution in [1.29, 1.82) is 0 Å². The van der Waals surface area contributed by atoms with Crippen molar-refractivity contribution in [2.24, 2.45) is 0 Å². The Labute approximate surface area is 126 Å². The number of aliphatic hydroxyl groups excluding tert-OH is 1. The summed E-state index contributed by atoms with van der Waals surface area (Å²) in [6, 6.07) is 9.27. The summed E-state index contributed by atoms with van der Waals surface area (Å²) in [5, 5.41) is 14.4. The van der Waals surface area contributed by atoms with Gasteiger partial charge in [0.05, 0.1) is 11.5 Å². The molecule has 0 aliphatic heterocycles. The average molecular weight is 300 g/mol. The van der Waals surface area contributed by atoms with Crippen molar-refractivity contribution in [2.45, 2.75) is 13.0 Å². The van der Waals surface area contributed by atoms with Crippen molar-refractivity contribution in [3.8, 4) is 0 Å². The Bertz CT molecular complexity index is 754. The molecule has 3 aromatic rings. The number of hydrogen-bond donors (Lipinski definition) is 3. The standard InChI is InChI=1S/C15H16N4OS/c1-9-6-12-14(18-8-19-15(12)21-9)17-7-13(20)10-2-4-11(16)5-3-10/h2-6,8,13,20H,7,16H2,1H3,(H,17,18,19). The van der Waals surface area contributed by atoms with Gasteiger partial charge in [0, 0.05) is 17.1 Å². The number of rotatable bonds is 4. The molecular weight excluding hydrogens is 284 g/mol. The molecule has 4 N–H and O–H groups in total. The van der Waals surface area contributed by atoms with Crippen LogP contribution in [0.15, 0.2) is 36.7 Å². The normalized spacial score (nSPS) is 12.5. The lowest BCUT2D eigenvalue weighted by molar-refractivity contribution is 0.191. The number of aromatic nitrogens is 2. The maximum absolute atomic E-state index is 10.2. The number of aliphatic hydroxyl groups is 1. The zero-order chi connectivity index (χ0) is 14.8. The van der Waals surface area contributed by atoms with E-state index in [1.165, 1.54) is 11.2 Å². The van der Waals surface area contributed by atoms with Gasteiger partial charge in [-0.3, -0.25) is 0 Å². The molecule has 6 heteroatoms. The number of nitrogens with one attached hydrogen (secondary N) is 1. The summed E-state index contributed by atoms with van der Waals surface area (Å²) < 4.78 is 0. The van der Waals surface area contributed by atoms with Crippen molar-refractivity contribution in [1.82, 2.24) is 9.97 Å². The molecule has 0 spiro atoms. The monoisotopic (exact) mass is 300 g/mol. The molecule has 0 amide bonds. The Hall–Kier alpha value is -2.18. The number of hydrogen-bond acceptors (Lipinski definition) is 6. The summed E-state index contributed by atoms with van der Waals surface area (Å²) >= 11 is 1.63. The topological polar surface area (TPSA) is 84.1 Å². The number of aryl methyl sites for hydroxylation is 1. The van der Waals surface area contributed by atoms with E-state index in [2.05, 4.69) is 21.4 Å². The van der Waals surface area contributed by atoms with E-state index in [-0.39, 0.29) is 0 Å². The molecule has 0 aliphatic rings. The van der Waals surface area contributed by atoms with Crippen LogP contribution in [0.5, 0.6) is 0 Å². The van der Waals surface area contributed by atoms with Crippen LogP contribution >= 0.6 is 11.3 Å². The predicted molar refractivity (Wildman–Crippen MR) is 86.5 cm³/mol. The first-order valence-electron chi connectivity index (χ1n) is 6.62. The molecule has 21 heavy (non-hydrogen) atoms. The fourth-order valence-electron chi connectivity index (χ4n) is 2.15. The maximum Gasteiger partial charge on any atom is 0.138 e. The fraction of sp³-hybridized carbons (Fsp3) is 0.200. The first-order valence-corrected chi connectivity index (χ1v) is 7.43. The van der Waals surface area contributed by atoms with Crippen molar-refractivity contribution in [2.75, 3.05) is 17.6 Å². The zero-order valence-corrected chi connectivity index (χ0v) is 12.4. The van der Waals surface area contributed by atoms with Crippen LogP contribution in [0.2, 0.25) is 0 Å². The van der Waals surface area contributed by atoms with Gasteiger partial charge >= 0.3 is 0 Å². The molecule has 3 rings (SSSR count). The molecule has 0 bridgehead atoms. The van der Waals surface area contributed by atoms with Crippen LogP contribution in [-0.2, 0) is 0 Å². The van der Waals surface area contributed by atoms with E-state index in [9.17, 15) is 5.11 Å². The second kappa shape index (κ2) is 5.67. The van der Waals surface area contributed by atoms with Gasteiger partial charge in [-0.25, -0.2) is 9.97 Å². The molecule has 5 nitrogen and oxygen atoms in total. The molecule has 0 radical (unpaired) electrons. The summed E-state index contributed by atoms with van der Waals surface area (Å²) in [6.07, 6.45) is 0.922. The summed E-state index contributed by atoms with van der Waals surface area (Å²) in [6.45, 7) is 2.42. The third kappa shape index (κ3) is 2.96. The Balaban J connectivity index is 1.75. The third-order valence-electron chi connectivity index (χ3n) is 3.24. The first-order chi connectivity index (χ1) is 10.1. The molecule has 0 aliphatic carbocycles. The van der Waals surface area contributed by atoms with Crippen LogP contribution in [0.3, 0.4) is 0 Å². The van der Waals surface area contributed by atoms with Crippen molar-refractivity contribution >= 4 is 33.1 Å². The SMILES string of the molecule is Cc1cc2c(NCC(O)c3ccc(N)cc3)ncnc2s1. The highest BCUT2D eigenvalue weighted by Gasteiger charge is 2.10. The Morgan fingerprint density at radius 2 is 2.05 bits per heavy atom. The molecule has 1 aromatic carbocycles. The zero-order valence-electron chi connectivity index (χ0n) is 11.6. The molecule has 108 valence electrons. The van der Waals surface area contributed by atoms with E-state index in [4.69, 9.17) is 5.73 Å².